The molecule has 228 valence electrons. The standard InChI is InChI=1S/C31H49N5O5/c1-29(2,3)25(34-28(41)35-30(4,5)6)27(40)36(19-31(15-16-31)21-13-8-7-9-14-21)18-23(37)33-22(24(38)26(32)39)17-20-11-10-12-20/h7-9,13-14,20,22,24-25,38H,10-12,15-19H2,1-6H3,(H2,32,39)(H,33,37)(H2,34,35,41). The summed E-state index contributed by atoms with van der Waals surface area (Å²) in [5, 5.41) is 19.0. The van der Waals surface area contributed by atoms with Crippen molar-refractivity contribution in [3.05, 3.63) is 35.9 Å². The van der Waals surface area contributed by atoms with Crippen molar-refractivity contribution in [1.82, 2.24) is 20.9 Å². The highest BCUT2D eigenvalue weighted by Crippen LogP contribution is 2.48. The van der Waals surface area contributed by atoms with Gasteiger partial charge in [0, 0.05) is 17.5 Å². The molecule has 3 atom stereocenters. The topological polar surface area (TPSA) is 154 Å². The van der Waals surface area contributed by atoms with Crippen LogP contribution in [0.5, 0.6) is 0 Å². The number of hydrogen-bond acceptors (Lipinski definition) is 5. The molecule has 10 nitrogen and oxygen atoms in total. The number of nitrogens with one attached hydrogen (secondary N) is 3. The summed E-state index contributed by atoms with van der Waals surface area (Å²) in [6, 6.07) is 7.71. The summed E-state index contributed by atoms with van der Waals surface area (Å²) in [6.07, 6.45) is 3.67. The molecule has 2 aliphatic carbocycles. The van der Waals surface area contributed by atoms with E-state index in [4.69, 9.17) is 5.73 Å². The number of primary amides is 1. The van der Waals surface area contributed by atoms with Crippen LogP contribution in [0.15, 0.2) is 30.3 Å². The molecule has 2 fully saturated rings. The normalized spacial score (nSPS) is 18.7. The van der Waals surface area contributed by atoms with Gasteiger partial charge >= 0.3 is 6.03 Å². The second-order valence-electron chi connectivity index (χ2n) is 14.0. The number of rotatable bonds is 12. The summed E-state index contributed by atoms with van der Waals surface area (Å²) >= 11 is 0. The number of carbonyl (C=O) groups is 4. The lowest BCUT2D eigenvalue weighted by molar-refractivity contribution is -0.141. The summed E-state index contributed by atoms with van der Waals surface area (Å²) in [5.41, 5.74) is 5.03. The quantitative estimate of drug-likeness (QED) is 0.261. The second-order valence-corrected chi connectivity index (χ2v) is 14.0. The van der Waals surface area contributed by atoms with Gasteiger partial charge in [0.25, 0.3) is 0 Å². The van der Waals surface area contributed by atoms with E-state index >= 15 is 0 Å². The summed E-state index contributed by atoms with van der Waals surface area (Å²) in [6.45, 7) is 11.2. The Bertz CT molecular complexity index is 1090. The van der Waals surface area contributed by atoms with Gasteiger partial charge < -0.3 is 31.7 Å². The number of aliphatic hydroxyl groups excluding tert-OH is 1. The van der Waals surface area contributed by atoms with Crippen LogP contribution in [-0.2, 0) is 19.8 Å². The van der Waals surface area contributed by atoms with Gasteiger partial charge in [-0.05, 0) is 56.9 Å². The third-order valence-electron chi connectivity index (χ3n) is 8.09. The summed E-state index contributed by atoms with van der Waals surface area (Å²) in [7, 11) is 0. The Morgan fingerprint density at radius 2 is 1.63 bits per heavy atom. The van der Waals surface area contributed by atoms with Crippen molar-refractivity contribution in [3.63, 3.8) is 0 Å². The molecule has 0 bridgehead atoms. The predicted molar refractivity (Wildman–Crippen MR) is 158 cm³/mol. The zero-order chi connectivity index (χ0) is 30.6. The minimum Gasteiger partial charge on any atom is -0.381 e. The fourth-order valence-corrected chi connectivity index (χ4v) is 5.38. The molecule has 2 aliphatic rings. The van der Waals surface area contributed by atoms with Crippen molar-refractivity contribution in [2.45, 2.75) is 109 Å². The van der Waals surface area contributed by atoms with Gasteiger partial charge in [0.05, 0.1) is 12.6 Å². The Hall–Kier alpha value is -3.14. The molecular formula is C31H49N5O5. The number of amides is 5. The van der Waals surface area contributed by atoms with Gasteiger partial charge in [-0.15, -0.1) is 0 Å². The monoisotopic (exact) mass is 571 g/mol. The van der Waals surface area contributed by atoms with Crippen LogP contribution in [0.4, 0.5) is 4.79 Å². The molecule has 1 aromatic carbocycles. The number of urea groups is 1. The second kappa shape index (κ2) is 12.8. The Morgan fingerprint density at radius 1 is 1.02 bits per heavy atom. The molecule has 2 saturated carbocycles. The SMILES string of the molecule is CC(C)(C)NC(=O)NC(C(=O)N(CC(=O)NC(CC1CCC1)C(O)C(N)=O)CC1(c2ccccc2)CC1)C(C)(C)C. The van der Waals surface area contributed by atoms with Crippen LogP contribution in [0.2, 0.25) is 0 Å². The number of nitrogens with zero attached hydrogens (tertiary/aromatic N) is 1. The minimum atomic E-state index is -1.52. The lowest BCUT2D eigenvalue weighted by atomic mass is 9.80. The number of hydrogen-bond donors (Lipinski definition) is 5. The highest BCUT2D eigenvalue weighted by atomic mass is 16.3. The maximum Gasteiger partial charge on any atom is 0.315 e. The highest BCUT2D eigenvalue weighted by molar-refractivity contribution is 5.91. The molecular weight excluding hydrogens is 522 g/mol. The summed E-state index contributed by atoms with van der Waals surface area (Å²) < 4.78 is 0. The van der Waals surface area contributed by atoms with Crippen molar-refractivity contribution in [3.8, 4) is 0 Å². The van der Waals surface area contributed by atoms with Crippen molar-refractivity contribution < 1.29 is 24.3 Å². The van der Waals surface area contributed by atoms with Crippen LogP contribution >= 0.6 is 0 Å². The van der Waals surface area contributed by atoms with Crippen LogP contribution in [0, 0.1) is 11.3 Å². The molecule has 0 radical (unpaired) electrons. The van der Waals surface area contributed by atoms with Crippen molar-refractivity contribution >= 4 is 23.8 Å². The van der Waals surface area contributed by atoms with Gasteiger partial charge in [-0.3, -0.25) is 14.4 Å². The molecule has 6 N–H and O–H groups in total. The first-order valence-corrected chi connectivity index (χ1v) is 14.7. The Morgan fingerprint density at radius 3 is 2.10 bits per heavy atom. The molecule has 5 amide bonds. The van der Waals surface area contributed by atoms with E-state index in [0.717, 1.165) is 37.7 Å². The largest absolute Gasteiger partial charge is 0.381 e. The van der Waals surface area contributed by atoms with Gasteiger partial charge in [-0.1, -0.05) is 70.4 Å². The molecule has 1 aromatic rings. The lowest BCUT2D eigenvalue weighted by Gasteiger charge is -2.37. The maximum atomic E-state index is 14.2. The smallest absolute Gasteiger partial charge is 0.315 e. The fraction of sp³-hybridized carbons (Fsp3) is 0.677. The van der Waals surface area contributed by atoms with Crippen molar-refractivity contribution in [1.29, 1.82) is 0 Å². The molecule has 0 aliphatic heterocycles. The third-order valence-corrected chi connectivity index (χ3v) is 8.09. The van der Waals surface area contributed by atoms with E-state index in [2.05, 4.69) is 16.0 Å². The Kier molecular flexibility index (Phi) is 10.1. The Labute approximate surface area is 244 Å². The zero-order valence-electron chi connectivity index (χ0n) is 25.5. The van der Waals surface area contributed by atoms with Crippen LogP contribution in [0.25, 0.3) is 0 Å². The van der Waals surface area contributed by atoms with E-state index in [-0.39, 0.29) is 17.9 Å². The first kappa shape index (κ1) is 32.4. The average Bonchev–Trinajstić information content (AvgIpc) is 3.62. The van der Waals surface area contributed by atoms with Gasteiger partial charge in [-0.2, -0.15) is 0 Å². The predicted octanol–water partition coefficient (Wildman–Crippen LogP) is 2.58. The van der Waals surface area contributed by atoms with Crippen LogP contribution in [-0.4, -0.2) is 70.6 Å². The van der Waals surface area contributed by atoms with Gasteiger partial charge in [-0.25, -0.2) is 4.79 Å². The van der Waals surface area contributed by atoms with E-state index in [9.17, 15) is 24.3 Å². The molecule has 0 aromatic heterocycles. The molecule has 10 heteroatoms. The minimum absolute atomic E-state index is 0.283. The molecule has 41 heavy (non-hydrogen) atoms. The summed E-state index contributed by atoms with van der Waals surface area (Å²) in [5.74, 6) is -1.45. The van der Waals surface area contributed by atoms with Crippen LogP contribution in [0.3, 0.4) is 0 Å². The number of nitrogens with two attached hydrogens (primary N) is 1. The maximum absolute atomic E-state index is 14.2. The van der Waals surface area contributed by atoms with Gasteiger partial charge in [0.1, 0.15) is 6.04 Å². The lowest BCUT2D eigenvalue weighted by Crippen LogP contribution is -2.60. The third kappa shape index (κ3) is 9.18. The van der Waals surface area contributed by atoms with Crippen LogP contribution in [0.1, 0.15) is 85.6 Å². The number of carbonyl (C=O) groups excluding carboxylic acids is 4. The van der Waals surface area contributed by atoms with Gasteiger partial charge in [0.15, 0.2) is 6.10 Å². The van der Waals surface area contributed by atoms with Crippen molar-refractivity contribution in [2.75, 3.05) is 13.1 Å². The number of benzene rings is 1. The first-order valence-electron chi connectivity index (χ1n) is 14.7. The van der Waals surface area contributed by atoms with E-state index < -0.39 is 47.0 Å². The zero-order valence-corrected chi connectivity index (χ0v) is 25.5. The fourth-order valence-electron chi connectivity index (χ4n) is 5.38. The molecule has 0 heterocycles. The van der Waals surface area contributed by atoms with Gasteiger partial charge in [0.2, 0.25) is 17.7 Å². The van der Waals surface area contributed by atoms with E-state index in [1.807, 2.05) is 71.9 Å². The molecule has 3 unspecified atom stereocenters. The molecule has 0 spiro atoms. The Balaban J connectivity index is 1.86. The van der Waals surface area contributed by atoms with Crippen LogP contribution < -0.4 is 21.7 Å². The molecule has 3 rings (SSSR count). The van der Waals surface area contributed by atoms with E-state index in [1.54, 1.807) is 0 Å². The highest BCUT2D eigenvalue weighted by Gasteiger charge is 2.48. The first-order chi connectivity index (χ1) is 19.0. The summed E-state index contributed by atoms with van der Waals surface area (Å²) in [4.78, 5) is 53.8. The number of aliphatic hydroxyl groups is 1. The average molecular weight is 572 g/mol. The van der Waals surface area contributed by atoms with E-state index in [1.165, 1.54) is 4.90 Å². The van der Waals surface area contributed by atoms with Crippen molar-refractivity contribution in [2.24, 2.45) is 17.1 Å². The molecule has 0 saturated heterocycles. The van der Waals surface area contributed by atoms with E-state index in [0.29, 0.717) is 18.9 Å².